The minimum atomic E-state index is 0.861. The van der Waals surface area contributed by atoms with Gasteiger partial charge in [-0.1, -0.05) is 96.6 Å². The number of rotatable bonds is 10. The molecule has 0 radical (unpaired) electrons. The summed E-state index contributed by atoms with van der Waals surface area (Å²) in [5, 5.41) is 0.861. The van der Waals surface area contributed by atoms with Gasteiger partial charge in [0, 0.05) is 5.02 Å². The summed E-state index contributed by atoms with van der Waals surface area (Å²) in [6, 6.07) is 24.5. The highest BCUT2D eigenvalue weighted by atomic mass is 35.5. The summed E-state index contributed by atoms with van der Waals surface area (Å²) in [7, 11) is 0. The first-order valence-electron chi connectivity index (χ1n) is 11.4. The zero-order valence-corrected chi connectivity index (χ0v) is 19.5. The molecule has 0 aliphatic rings. The Kier molecular flexibility index (Phi) is 9.18. The van der Waals surface area contributed by atoms with Gasteiger partial charge < -0.3 is 0 Å². The third kappa shape index (κ3) is 7.26. The van der Waals surface area contributed by atoms with Crippen LogP contribution in [-0.2, 0) is 25.7 Å². The van der Waals surface area contributed by atoms with Gasteiger partial charge in [0.25, 0.3) is 0 Å². The van der Waals surface area contributed by atoms with E-state index in [9.17, 15) is 0 Å². The number of aryl methyl sites for hydroxylation is 4. The summed E-state index contributed by atoms with van der Waals surface area (Å²) in [4.78, 5) is 0. The SMILES string of the molecule is C/C=C/CCc1ccc(CCc2ccc(-c3ccc(CC/C=C/C)c(Cl)c3)cc2)cc1. The Bertz CT molecular complexity index is 992. The van der Waals surface area contributed by atoms with Gasteiger partial charge in [0.2, 0.25) is 0 Å². The van der Waals surface area contributed by atoms with Gasteiger partial charge in [0.15, 0.2) is 0 Å². The molecule has 0 aliphatic carbocycles. The molecule has 0 atom stereocenters. The van der Waals surface area contributed by atoms with E-state index in [0.29, 0.717) is 0 Å². The second kappa shape index (κ2) is 12.3. The van der Waals surface area contributed by atoms with Crippen LogP contribution in [0.15, 0.2) is 91.0 Å². The van der Waals surface area contributed by atoms with Gasteiger partial charge >= 0.3 is 0 Å². The van der Waals surface area contributed by atoms with E-state index in [2.05, 4.69) is 105 Å². The van der Waals surface area contributed by atoms with Gasteiger partial charge in [0.05, 0.1) is 0 Å². The molecule has 0 spiro atoms. The highest BCUT2D eigenvalue weighted by Crippen LogP contribution is 2.27. The van der Waals surface area contributed by atoms with Crippen molar-refractivity contribution in [3.05, 3.63) is 118 Å². The Morgan fingerprint density at radius 2 is 1.06 bits per heavy atom. The normalized spacial score (nSPS) is 11.6. The molecule has 0 aromatic heterocycles. The Balaban J connectivity index is 1.56. The van der Waals surface area contributed by atoms with Crippen molar-refractivity contribution in [2.75, 3.05) is 0 Å². The molecule has 0 saturated carbocycles. The molecule has 0 N–H and O–H groups in total. The van der Waals surface area contributed by atoms with Crippen molar-refractivity contribution >= 4 is 11.6 Å². The molecule has 0 amide bonds. The Morgan fingerprint density at radius 1 is 0.581 bits per heavy atom. The van der Waals surface area contributed by atoms with Crippen LogP contribution >= 0.6 is 11.6 Å². The molecule has 0 nitrogen and oxygen atoms in total. The topological polar surface area (TPSA) is 0 Å². The molecule has 0 saturated heterocycles. The third-order valence-corrected chi connectivity index (χ3v) is 6.07. The summed E-state index contributed by atoms with van der Waals surface area (Å²) >= 11 is 6.53. The van der Waals surface area contributed by atoms with Crippen LogP contribution in [0, 0.1) is 0 Å². The predicted octanol–water partition coefficient (Wildman–Crippen LogP) is 8.81. The summed E-state index contributed by atoms with van der Waals surface area (Å²) in [6.07, 6.45) is 15.0. The lowest BCUT2D eigenvalue weighted by molar-refractivity contribution is 0.951. The van der Waals surface area contributed by atoms with E-state index < -0.39 is 0 Å². The summed E-state index contributed by atoms with van der Waals surface area (Å²) in [5.74, 6) is 0. The van der Waals surface area contributed by atoms with Crippen molar-refractivity contribution in [3.63, 3.8) is 0 Å². The quantitative estimate of drug-likeness (QED) is 0.283. The second-order valence-electron chi connectivity index (χ2n) is 8.04. The van der Waals surface area contributed by atoms with Crippen LogP contribution in [0.1, 0.15) is 48.9 Å². The molecule has 0 fully saturated rings. The second-order valence-corrected chi connectivity index (χ2v) is 8.44. The lowest BCUT2D eigenvalue weighted by Crippen LogP contribution is -1.93. The molecule has 0 heterocycles. The molecule has 3 rings (SSSR count). The first-order valence-corrected chi connectivity index (χ1v) is 11.7. The zero-order valence-electron chi connectivity index (χ0n) is 18.8. The van der Waals surface area contributed by atoms with Crippen LogP contribution in [-0.4, -0.2) is 0 Å². The smallest absolute Gasteiger partial charge is 0.0444 e. The highest BCUT2D eigenvalue weighted by Gasteiger charge is 2.04. The Morgan fingerprint density at radius 3 is 1.61 bits per heavy atom. The predicted molar refractivity (Wildman–Crippen MR) is 137 cm³/mol. The maximum absolute atomic E-state index is 6.53. The maximum Gasteiger partial charge on any atom is 0.0444 e. The van der Waals surface area contributed by atoms with Gasteiger partial charge in [0.1, 0.15) is 0 Å². The fourth-order valence-electron chi connectivity index (χ4n) is 3.78. The minimum Gasteiger partial charge on any atom is -0.0917 e. The van der Waals surface area contributed by atoms with Crippen molar-refractivity contribution in [2.45, 2.75) is 52.4 Å². The van der Waals surface area contributed by atoms with Crippen LogP contribution in [0.5, 0.6) is 0 Å². The average molecular weight is 429 g/mol. The summed E-state index contributed by atoms with van der Waals surface area (Å²) in [6.45, 7) is 4.13. The molecular formula is C30H33Cl. The van der Waals surface area contributed by atoms with Crippen molar-refractivity contribution in [2.24, 2.45) is 0 Å². The number of benzene rings is 3. The number of hydrogen-bond acceptors (Lipinski definition) is 0. The fourth-order valence-corrected chi connectivity index (χ4v) is 4.05. The number of hydrogen-bond donors (Lipinski definition) is 0. The molecule has 31 heavy (non-hydrogen) atoms. The number of allylic oxidation sites excluding steroid dienone is 4. The zero-order chi connectivity index (χ0) is 21.9. The van der Waals surface area contributed by atoms with Crippen LogP contribution in [0.25, 0.3) is 11.1 Å². The monoisotopic (exact) mass is 428 g/mol. The summed E-state index contributed by atoms with van der Waals surface area (Å²) in [5.41, 5.74) is 7.80. The van der Waals surface area contributed by atoms with E-state index in [4.69, 9.17) is 11.6 Å². The standard InChI is InChI=1S/C30H33Cl/c1-3-5-7-9-24-11-13-25(14-12-24)15-16-26-17-19-27(20-18-26)29-22-21-28(30(31)23-29)10-8-6-4-2/h3-6,11-14,17-23H,7-10,15-16H2,1-2H3/b5-3+,6-4+. The lowest BCUT2D eigenvalue weighted by atomic mass is 9.98. The molecule has 3 aromatic rings. The molecule has 0 aliphatic heterocycles. The van der Waals surface area contributed by atoms with Gasteiger partial charge in [-0.05, 0) is 91.8 Å². The van der Waals surface area contributed by atoms with E-state index in [1.165, 1.54) is 33.4 Å². The first kappa shape index (κ1) is 23.1. The van der Waals surface area contributed by atoms with Gasteiger partial charge in [-0.15, -0.1) is 0 Å². The number of halogens is 1. The minimum absolute atomic E-state index is 0.861. The van der Waals surface area contributed by atoms with E-state index in [1.54, 1.807) is 0 Å². The lowest BCUT2D eigenvalue weighted by Gasteiger charge is -2.08. The molecule has 1 heteroatoms. The fraction of sp³-hybridized carbons (Fsp3) is 0.267. The molecule has 0 unspecified atom stereocenters. The Labute approximate surface area is 193 Å². The van der Waals surface area contributed by atoms with Crippen molar-refractivity contribution in [1.29, 1.82) is 0 Å². The molecule has 0 bridgehead atoms. The van der Waals surface area contributed by atoms with E-state index in [1.807, 2.05) is 0 Å². The van der Waals surface area contributed by atoms with Crippen LogP contribution < -0.4 is 0 Å². The summed E-state index contributed by atoms with van der Waals surface area (Å²) < 4.78 is 0. The maximum atomic E-state index is 6.53. The van der Waals surface area contributed by atoms with Crippen LogP contribution in [0.4, 0.5) is 0 Å². The van der Waals surface area contributed by atoms with E-state index in [0.717, 1.165) is 43.5 Å². The van der Waals surface area contributed by atoms with E-state index in [-0.39, 0.29) is 0 Å². The first-order chi connectivity index (χ1) is 15.2. The Hall–Kier alpha value is -2.57. The molecule has 160 valence electrons. The van der Waals surface area contributed by atoms with Gasteiger partial charge in [-0.2, -0.15) is 0 Å². The van der Waals surface area contributed by atoms with Crippen molar-refractivity contribution < 1.29 is 0 Å². The van der Waals surface area contributed by atoms with Crippen molar-refractivity contribution in [1.82, 2.24) is 0 Å². The van der Waals surface area contributed by atoms with Gasteiger partial charge in [-0.3, -0.25) is 0 Å². The average Bonchev–Trinajstić information content (AvgIpc) is 2.80. The van der Waals surface area contributed by atoms with Gasteiger partial charge in [-0.25, -0.2) is 0 Å². The van der Waals surface area contributed by atoms with E-state index >= 15 is 0 Å². The largest absolute Gasteiger partial charge is 0.0917 e. The van der Waals surface area contributed by atoms with Crippen molar-refractivity contribution in [3.8, 4) is 11.1 Å². The van der Waals surface area contributed by atoms with Crippen LogP contribution in [0.2, 0.25) is 5.02 Å². The third-order valence-electron chi connectivity index (χ3n) is 5.72. The highest BCUT2D eigenvalue weighted by molar-refractivity contribution is 6.31. The molecule has 3 aromatic carbocycles. The van der Waals surface area contributed by atoms with Crippen LogP contribution in [0.3, 0.4) is 0 Å². The molecular weight excluding hydrogens is 396 g/mol.